The van der Waals surface area contributed by atoms with E-state index >= 15 is 0 Å². The molecule has 21 heavy (non-hydrogen) atoms. The Bertz CT molecular complexity index is 809. The van der Waals surface area contributed by atoms with E-state index in [-0.39, 0.29) is 0 Å². The van der Waals surface area contributed by atoms with E-state index in [0.29, 0.717) is 5.02 Å². The van der Waals surface area contributed by atoms with Crippen LogP contribution in [0.25, 0.3) is 10.8 Å². The van der Waals surface area contributed by atoms with E-state index in [0.717, 1.165) is 17.0 Å². The van der Waals surface area contributed by atoms with E-state index in [1.165, 1.54) is 10.8 Å². The van der Waals surface area contributed by atoms with Gasteiger partial charge in [0.1, 0.15) is 0 Å². The van der Waals surface area contributed by atoms with Crippen LogP contribution in [0.2, 0.25) is 5.02 Å². The zero-order chi connectivity index (χ0) is 14.7. The first kappa shape index (κ1) is 13.7. The summed E-state index contributed by atoms with van der Waals surface area (Å²) in [6.45, 7) is 1.99. The van der Waals surface area contributed by atoms with Gasteiger partial charge in [-0.15, -0.1) is 0 Å². The van der Waals surface area contributed by atoms with Gasteiger partial charge in [-0.25, -0.2) is 0 Å². The summed E-state index contributed by atoms with van der Waals surface area (Å²) in [5.74, 6) is 0. The van der Waals surface area contributed by atoms with E-state index in [4.69, 9.17) is 11.6 Å². The van der Waals surface area contributed by atoms with E-state index in [1.807, 2.05) is 43.3 Å². The standard InChI is InChI=1S/C18H15ClN2/c1-13(20-21-18-8-4-7-17(19)12-18)15-10-9-14-5-2-3-6-16(14)11-15/h2-12,21H,1H3/b20-13-. The minimum atomic E-state index is 0.693. The SMILES string of the molecule is C/C(=N/Nc1cccc(Cl)c1)c1ccc2ccccc2c1. The second-order valence-corrected chi connectivity index (χ2v) is 5.32. The molecule has 0 fully saturated rings. The van der Waals surface area contributed by atoms with E-state index in [9.17, 15) is 0 Å². The fourth-order valence-corrected chi connectivity index (χ4v) is 2.38. The molecule has 104 valence electrons. The number of anilines is 1. The first-order valence-corrected chi connectivity index (χ1v) is 7.15. The molecular formula is C18H15ClN2. The Morgan fingerprint density at radius 1 is 0.905 bits per heavy atom. The van der Waals surface area contributed by atoms with Crippen LogP contribution in [0.15, 0.2) is 71.8 Å². The zero-order valence-electron chi connectivity index (χ0n) is 11.7. The number of nitrogens with zero attached hydrogens (tertiary/aromatic N) is 1. The van der Waals surface area contributed by atoms with Gasteiger partial charge in [0.15, 0.2) is 0 Å². The Morgan fingerprint density at radius 3 is 2.52 bits per heavy atom. The molecule has 3 aromatic rings. The third-order valence-electron chi connectivity index (χ3n) is 3.34. The van der Waals surface area contributed by atoms with Crippen LogP contribution in [-0.4, -0.2) is 5.71 Å². The van der Waals surface area contributed by atoms with Gasteiger partial charge in [-0.3, -0.25) is 5.43 Å². The van der Waals surface area contributed by atoms with Crippen LogP contribution >= 0.6 is 11.6 Å². The van der Waals surface area contributed by atoms with Crippen LogP contribution in [0.5, 0.6) is 0 Å². The molecule has 0 spiro atoms. The van der Waals surface area contributed by atoms with Crippen molar-refractivity contribution in [1.29, 1.82) is 0 Å². The van der Waals surface area contributed by atoms with Gasteiger partial charge in [-0.1, -0.05) is 54.1 Å². The number of hydrogen-bond acceptors (Lipinski definition) is 2. The van der Waals surface area contributed by atoms with Gasteiger partial charge < -0.3 is 0 Å². The summed E-state index contributed by atoms with van der Waals surface area (Å²) in [4.78, 5) is 0. The summed E-state index contributed by atoms with van der Waals surface area (Å²) in [6.07, 6.45) is 0. The highest BCUT2D eigenvalue weighted by Gasteiger charge is 2.00. The molecule has 1 N–H and O–H groups in total. The third-order valence-corrected chi connectivity index (χ3v) is 3.58. The molecular weight excluding hydrogens is 280 g/mol. The predicted octanol–water partition coefficient (Wildman–Crippen LogP) is 5.33. The second-order valence-electron chi connectivity index (χ2n) is 4.88. The van der Waals surface area contributed by atoms with Gasteiger partial charge in [0.05, 0.1) is 11.4 Å². The molecule has 0 saturated carbocycles. The molecule has 0 aromatic heterocycles. The molecule has 0 aliphatic rings. The van der Waals surface area contributed by atoms with Gasteiger partial charge in [0, 0.05) is 5.02 Å². The van der Waals surface area contributed by atoms with Gasteiger partial charge in [-0.05, 0) is 47.5 Å². The lowest BCUT2D eigenvalue weighted by Crippen LogP contribution is -1.99. The third kappa shape index (κ3) is 3.23. The first-order chi connectivity index (χ1) is 10.2. The Hall–Kier alpha value is -2.32. The minimum Gasteiger partial charge on any atom is -0.278 e. The van der Waals surface area contributed by atoms with Crippen molar-refractivity contribution in [3.8, 4) is 0 Å². The largest absolute Gasteiger partial charge is 0.278 e. The maximum atomic E-state index is 5.95. The number of benzene rings is 3. The molecule has 0 radical (unpaired) electrons. The molecule has 0 saturated heterocycles. The summed E-state index contributed by atoms with van der Waals surface area (Å²) in [6, 6.07) is 22.2. The van der Waals surface area contributed by atoms with Crippen molar-refractivity contribution in [1.82, 2.24) is 0 Å². The fourth-order valence-electron chi connectivity index (χ4n) is 2.19. The second kappa shape index (κ2) is 5.98. The van der Waals surface area contributed by atoms with Crippen molar-refractivity contribution in [2.45, 2.75) is 6.92 Å². The fraction of sp³-hybridized carbons (Fsp3) is 0.0556. The lowest BCUT2D eigenvalue weighted by Gasteiger charge is -2.05. The highest BCUT2D eigenvalue weighted by atomic mass is 35.5. The zero-order valence-corrected chi connectivity index (χ0v) is 12.4. The summed E-state index contributed by atoms with van der Waals surface area (Å²) in [7, 11) is 0. The first-order valence-electron chi connectivity index (χ1n) is 6.77. The van der Waals surface area contributed by atoms with Crippen LogP contribution in [0.4, 0.5) is 5.69 Å². The molecule has 3 aromatic carbocycles. The number of fused-ring (bicyclic) bond motifs is 1. The number of nitrogens with one attached hydrogen (secondary N) is 1. The Kier molecular flexibility index (Phi) is 3.89. The van der Waals surface area contributed by atoms with Crippen molar-refractivity contribution in [3.63, 3.8) is 0 Å². The molecule has 0 unspecified atom stereocenters. The normalized spacial score (nSPS) is 11.6. The monoisotopic (exact) mass is 294 g/mol. The Morgan fingerprint density at radius 2 is 1.71 bits per heavy atom. The Balaban J connectivity index is 1.85. The van der Waals surface area contributed by atoms with Crippen molar-refractivity contribution in [3.05, 3.63) is 77.3 Å². The van der Waals surface area contributed by atoms with Gasteiger partial charge in [-0.2, -0.15) is 5.10 Å². The van der Waals surface area contributed by atoms with Crippen molar-refractivity contribution in [2.24, 2.45) is 5.10 Å². The average molecular weight is 295 g/mol. The average Bonchev–Trinajstić information content (AvgIpc) is 2.52. The molecule has 3 rings (SSSR count). The maximum absolute atomic E-state index is 5.95. The van der Waals surface area contributed by atoms with Crippen LogP contribution < -0.4 is 5.43 Å². The van der Waals surface area contributed by atoms with Crippen molar-refractivity contribution < 1.29 is 0 Å². The van der Waals surface area contributed by atoms with Crippen LogP contribution in [0.1, 0.15) is 12.5 Å². The highest BCUT2D eigenvalue weighted by molar-refractivity contribution is 6.30. The number of rotatable bonds is 3. The molecule has 0 heterocycles. The lowest BCUT2D eigenvalue weighted by molar-refractivity contribution is 1.32. The summed E-state index contributed by atoms with van der Waals surface area (Å²) in [5, 5.41) is 7.56. The topological polar surface area (TPSA) is 24.4 Å². The Labute approximate surface area is 129 Å². The molecule has 0 bridgehead atoms. The number of hydrazone groups is 1. The summed E-state index contributed by atoms with van der Waals surface area (Å²) >= 11 is 5.95. The van der Waals surface area contributed by atoms with Gasteiger partial charge >= 0.3 is 0 Å². The molecule has 0 aliphatic carbocycles. The predicted molar refractivity (Wildman–Crippen MR) is 91.2 cm³/mol. The molecule has 2 nitrogen and oxygen atoms in total. The smallest absolute Gasteiger partial charge is 0.0648 e. The van der Waals surface area contributed by atoms with Gasteiger partial charge in [0.2, 0.25) is 0 Å². The molecule has 0 atom stereocenters. The van der Waals surface area contributed by atoms with E-state index in [2.05, 4.69) is 40.9 Å². The molecule has 3 heteroatoms. The lowest BCUT2D eigenvalue weighted by atomic mass is 10.0. The molecule has 0 aliphatic heterocycles. The van der Waals surface area contributed by atoms with Crippen LogP contribution in [-0.2, 0) is 0 Å². The quantitative estimate of drug-likeness (QED) is 0.512. The van der Waals surface area contributed by atoms with Crippen LogP contribution in [0.3, 0.4) is 0 Å². The van der Waals surface area contributed by atoms with Crippen LogP contribution in [0, 0.1) is 0 Å². The summed E-state index contributed by atoms with van der Waals surface area (Å²) in [5.41, 5.74) is 5.94. The van der Waals surface area contributed by atoms with Gasteiger partial charge in [0.25, 0.3) is 0 Å². The van der Waals surface area contributed by atoms with E-state index in [1.54, 1.807) is 0 Å². The van der Waals surface area contributed by atoms with Crippen molar-refractivity contribution >= 4 is 33.8 Å². The number of hydrogen-bond donors (Lipinski definition) is 1. The summed E-state index contributed by atoms with van der Waals surface area (Å²) < 4.78 is 0. The minimum absolute atomic E-state index is 0.693. The maximum Gasteiger partial charge on any atom is 0.0648 e. The van der Waals surface area contributed by atoms with E-state index < -0.39 is 0 Å². The molecule has 0 amide bonds. The highest BCUT2D eigenvalue weighted by Crippen LogP contribution is 2.17. The number of halogens is 1. The van der Waals surface area contributed by atoms with Crippen molar-refractivity contribution in [2.75, 3.05) is 5.43 Å².